The molecular weight excluding hydrogens is 520 g/mol. The summed E-state index contributed by atoms with van der Waals surface area (Å²) in [6.07, 6.45) is 5.52. The Morgan fingerprint density at radius 1 is 0.850 bits per heavy atom. The number of anilines is 2. The van der Waals surface area contributed by atoms with E-state index in [0.717, 1.165) is 16.0 Å². The van der Waals surface area contributed by atoms with Crippen LogP contribution in [0.25, 0.3) is 6.08 Å². The molecule has 1 atom stereocenters. The number of carbonyl (C=O) groups is 3. The number of thioether (sulfide) groups is 1. The van der Waals surface area contributed by atoms with Crippen LogP contribution in [-0.2, 0) is 9.59 Å². The Bertz CT molecular complexity index is 1510. The molecule has 3 aromatic carbocycles. The van der Waals surface area contributed by atoms with E-state index in [9.17, 15) is 14.4 Å². The number of aromatic nitrogens is 1. The van der Waals surface area contributed by atoms with Crippen LogP contribution >= 0.6 is 11.8 Å². The van der Waals surface area contributed by atoms with Crippen molar-refractivity contribution in [1.82, 2.24) is 10.3 Å². The van der Waals surface area contributed by atoms with E-state index < -0.39 is 5.91 Å². The van der Waals surface area contributed by atoms with E-state index >= 15 is 0 Å². The van der Waals surface area contributed by atoms with Crippen molar-refractivity contribution in [2.24, 2.45) is 0 Å². The number of aryl methyl sites for hydroxylation is 1. The minimum atomic E-state index is -0.463. The first-order chi connectivity index (χ1) is 19.4. The fourth-order valence-corrected chi connectivity index (χ4v) is 4.87. The predicted octanol–water partition coefficient (Wildman–Crippen LogP) is 6.31. The summed E-state index contributed by atoms with van der Waals surface area (Å²) in [5.74, 6) is -0.958. The molecule has 0 saturated carbocycles. The molecule has 0 spiro atoms. The maximum absolute atomic E-state index is 13.4. The standard InChI is InChI=1S/C32H30N4O3S/c1-3-29(32(39)34-25-15-17-33-18-16-25)40-27-14-8-13-26(21-27)35-31(38)28(20-23-10-7-9-22(2)19-23)36-30(37)24-11-5-4-6-12-24/h4-21,29H,3H2,1-2H3,(H,35,38)(H,36,37)(H,33,34,39)/b28-20+. The average Bonchev–Trinajstić information content (AvgIpc) is 2.96. The van der Waals surface area contributed by atoms with Gasteiger partial charge in [-0.25, -0.2) is 0 Å². The lowest BCUT2D eigenvalue weighted by Gasteiger charge is -2.16. The molecule has 202 valence electrons. The van der Waals surface area contributed by atoms with E-state index in [1.165, 1.54) is 11.8 Å². The number of pyridine rings is 1. The second-order valence-electron chi connectivity index (χ2n) is 9.01. The third-order valence-corrected chi connectivity index (χ3v) is 7.22. The Kier molecular flexibility index (Phi) is 9.85. The van der Waals surface area contributed by atoms with E-state index in [1.807, 2.05) is 62.4 Å². The van der Waals surface area contributed by atoms with Crippen LogP contribution in [0, 0.1) is 6.92 Å². The number of hydrogen-bond donors (Lipinski definition) is 3. The van der Waals surface area contributed by atoms with Crippen molar-refractivity contribution in [3.8, 4) is 0 Å². The molecule has 8 heteroatoms. The minimum absolute atomic E-state index is 0.111. The third-order valence-electron chi connectivity index (χ3n) is 5.86. The Labute approximate surface area is 238 Å². The molecule has 0 radical (unpaired) electrons. The van der Waals surface area contributed by atoms with Gasteiger partial charge in [-0.1, -0.05) is 61.0 Å². The molecule has 40 heavy (non-hydrogen) atoms. The van der Waals surface area contributed by atoms with Crippen LogP contribution in [0.3, 0.4) is 0 Å². The van der Waals surface area contributed by atoms with Gasteiger partial charge in [0.2, 0.25) is 5.91 Å². The van der Waals surface area contributed by atoms with E-state index in [4.69, 9.17) is 0 Å². The zero-order chi connectivity index (χ0) is 28.3. The number of rotatable bonds is 10. The van der Waals surface area contributed by atoms with Gasteiger partial charge in [-0.05, 0) is 67.4 Å². The molecule has 4 aromatic rings. The summed E-state index contributed by atoms with van der Waals surface area (Å²) >= 11 is 1.41. The molecular formula is C32H30N4O3S. The topological polar surface area (TPSA) is 100 Å². The molecule has 3 amide bonds. The van der Waals surface area contributed by atoms with Gasteiger partial charge in [0, 0.05) is 34.2 Å². The molecule has 0 aliphatic rings. The third kappa shape index (κ3) is 8.15. The molecule has 0 aliphatic carbocycles. The van der Waals surface area contributed by atoms with Crippen LogP contribution in [0.4, 0.5) is 11.4 Å². The van der Waals surface area contributed by atoms with Gasteiger partial charge < -0.3 is 16.0 Å². The molecule has 0 fully saturated rings. The highest BCUT2D eigenvalue weighted by molar-refractivity contribution is 8.00. The Balaban J connectivity index is 1.50. The Morgan fingerprint density at radius 3 is 2.33 bits per heavy atom. The van der Waals surface area contributed by atoms with Gasteiger partial charge in [-0.3, -0.25) is 19.4 Å². The van der Waals surface area contributed by atoms with Crippen molar-refractivity contribution >= 4 is 46.9 Å². The first kappa shape index (κ1) is 28.3. The molecule has 0 bridgehead atoms. The Morgan fingerprint density at radius 2 is 1.60 bits per heavy atom. The normalized spacial score (nSPS) is 11.8. The SMILES string of the molecule is CCC(Sc1cccc(NC(=O)/C(=C\c2cccc(C)c2)NC(=O)c2ccccc2)c1)C(=O)Nc1ccncc1. The molecule has 3 N–H and O–H groups in total. The summed E-state index contributed by atoms with van der Waals surface area (Å²) in [5, 5.41) is 8.24. The second-order valence-corrected chi connectivity index (χ2v) is 10.3. The summed E-state index contributed by atoms with van der Waals surface area (Å²) < 4.78 is 0. The van der Waals surface area contributed by atoms with Gasteiger partial charge in [0.15, 0.2) is 0 Å². The fraction of sp³-hybridized carbons (Fsp3) is 0.125. The molecule has 1 heterocycles. The van der Waals surface area contributed by atoms with Crippen molar-refractivity contribution in [3.63, 3.8) is 0 Å². The molecule has 1 aromatic heterocycles. The highest BCUT2D eigenvalue weighted by Crippen LogP contribution is 2.28. The van der Waals surface area contributed by atoms with E-state index in [1.54, 1.807) is 60.9 Å². The van der Waals surface area contributed by atoms with Gasteiger partial charge >= 0.3 is 0 Å². The van der Waals surface area contributed by atoms with Crippen molar-refractivity contribution in [3.05, 3.63) is 126 Å². The van der Waals surface area contributed by atoms with Gasteiger partial charge in [0.1, 0.15) is 5.70 Å². The van der Waals surface area contributed by atoms with Crippen LogP contribution in [-0.4, -0.2) is 28.0 Å². The van der Waals surface area contributed by atoms with Crippen LogP contribution < -0.4 is 16.0 Å². The highest BCUT2D eigenvalue weighted by atomic mass is 32.2. The van der Waals surface area contributed by atoms with E-state index in [2.05, 4.69) is 20.9 Å². The van der Waals surface area contributed by atoms with Crippen molar-refractivity contribution in [2.75, 3.05) is 10.6 Å². The summed E-state index contributed by atoms with van der Waals surface area (Å²) in [5.41, 5.74) is 3.61. The van der Waals surface area contributed by atoms with Gasteiger partial charge in [-0.2, -0.15) is 0 Å². The van der Waals surface area contributed by atoms with Crippen LogP contribution in [0.2, 0.25) is 0 Å². The molecule has 0 saturated heterocycles. The zero-order valence-electron chi connectivity index (χ0n) is 22.3. The van der Waals surface area contributed by atoms with Crippen molar-refractivity contribution in [1.29, 1.82) is 0 Å². The van der Waals surface area contributed by atoms with Gasteiger partial charge in [-0.15, -0.1) is 11.8 Å². The largest absolute Gasteiger partial charge is 0.325 e. The van der Waals surface area contributed by atoms with E-state index in [-0.39, 0.29) is 22.8 Å². The van der Waals surface area contributed by atoms with Crippen molar-refractivity contribution < 1.29 is 14.4 Å². The van der Waals surface area contributed by atoms with Crippen LogP contribution in [0.5, 0.6) is 0 Å². The van der Waals surface area contributed by atoms with Crippen LogP contribution in [0.1, 0.15) is 34.8 Å². The molecule has 0 aliphatic heterocycles. The predicted molar refractivity (Wildman–Crippen MR) is 161 cm³/mol. The maximum Gasteiger partial charge on any atom is 0.272 e. The number of hydrogen-bond acceptors (Lipinski definition) is 5. The maximum atomic E-state index is 13.4. The minimum Gasteiger partial charge on any atom is -0.325 e. The van der Waals surface area contributed by atoms with Crippen LogP contribution in [0.15, 0.2) is 114 Å². The molecule has 4 rings (SSSR count). The first-order valence-electron chi connectivity index (χ1n) is 12.8. The number of nitrogens with one attached hydrogen (secondary N) is 3. The number of nitrogens with zero attached hydrogens (tertiary/aromatic N) is 1. The zero-order valence-corrected chi connectivity index (χ0v) is 23.1. The van der Waals surface area contributed by atoms with Gasteiger partial charge in [0.05, 0.1) is 5.25 Å². The summed E-state index contributed by atoms with van der Waals surface area (Å²) in [6, 6.07) is 27.2. The summed E-state index contributed by atoms with van der Waals surface area (Å²) in [4.78, 5) is 43.9. The summed E-state index contributed by atoms with van der Waals surface area (Å²) in [7, 11) is 0. The second kappa shape index (κ2) is 13.9. The monoisotopic (exact) mass is 550 g/mol. The smallest absolute Gasteiger partial charge is 0.272 e. The van der Waals surface area contributed by atoms with Crippen molar-refractivity contribution in [2.45, 2.75) is 30.4 Å². The lowest BCUT2D eigenvalue weighted by atomic mass is 10.1. The quantitative estimate of drug-likeness (QED) is 0.159. The van der Waals surface area contributed by atoms with E-state index in [0.29, 0.717) is 23.4 Å². The average molecular weight is 551 g/mol. The lowest BCUT2D eigenvalue weighted by molar-refractivity contribution is -0.116. The molecule has 1 unspecified atom stereocenters. The fourth-order valence-electron chi connectivity index (χ4n) is 3.86. The first-order valence-corrected chi connectivity index (χ1v) is 13.7. The molecule has 7 nitrogen and oxygen atoms in total. The Hall–Kier alpha value is -4.69. The number of amides is 3. The highest BCUT2D eigenvalue weighted by Gasteiger charge is 2.19. The number of carbonyl (C=O) groups excluding carboxylic acids is 3. The lowest BCUT2D eigenvalue weighted by Crippen LogP contribution is -2.30. The van der Waals surface area contributed by atoms with Gasteiger partial charge in [0.25, 0.3) is 11.8 Å². The summed E-state index contributed by atoms with van der Waals surface area (Å²) in [6.45, 7) is 3.91. The number of benzene rings is 3.